The Kier molecular flexibility index (Phi) is 7.98. The smallest absolute Gasteiger partial charge is 0.386 e. The molecule has 0 saturated carbocycles. The molecule has 1 aliphatic rings. The zero-order chi connectivity index (χ0) is 22.3. The number of allylic oxidation sites excluding steroid dienone is 3. The molecule has 0 radical (unpaired) electrons. The first-order chi connectivity index (χ1) is 14.1. The highest BCUT2D eigenvalue weighted by molar-refractivity contribution is 5.93. The minimum absolute atomic E-state index is 0.0311. The van der Waals surface area contributed by atoms with Crippen molar-refractivity contribution in [2.24, 2.45) is 16.6 Å². The number of hydrogen-bond acceptors (Lipinski definition) is 4. The Labute approximate surface area is 167 Å². The van der Waals surface area contributed by atoms with Crippen LogP contribution in [0.4, 0.5) is 26.3 Å². The van der Waals surface area contributed by atoms with Crippen LogP contribution in [-0.2, 0) is 10.9 Å². The largest absolute Gasteiger partial charge is 0.417 e. The fraction of sp³-hybridized carbons (Fsp3) is 0.389. The average molecular weight is 436 g/mol. The van der Waals surface area contributed by atoms with Gasteiger partial charge in [0.15, 0.2) is 0 Å². The lowest BCUT2D eigenvalue weighted by molar-refractivity contribution is -0.137. The van der Waals surface area contributed by atoms with E-state index < -0.39 is 42.4 Å². The van der Waals surface area contributed by atoms with Gasteiger partial charge in [0, 0.05) is 17.8 Å². The SMILES string of the molecule is N/C(COCC(F)F)=N/CC1CC(NC(=O)c2ccc(C(F)(F)F)cn2)=CC=C1F. The van der Waals surface area contributed by atoms with Gasteiger partial charge in [-0.25, -0.2) is 13.2 Å². The molecule has 12 heteroatoms. The average Bonchev–Trinajstić information content (AvgIpc) is 2.67. The molecule has 2 rings (SSSR count). The van der Waals surface area contributed by atoms with Crippen molar-refractivity contribution in [1.29, 1.82) is 0 Å². The first kappa shape index (κ1) is 23.4. The monoisotopic (exact) mass is 436 g/mol. The Morgan fingerprint density at radius 2 is 2.07 bits per heavy atom. The Morgan fingerprint density at radius 3 is 2.67 bits per heavy atom. The quantitative estimate of drug-likeness (QED) is 0.372. The first-order valence-electron chi connectivity index (χ1n) is 8.61. The van der Waals surface area contributed by atoms with Gasteiger partial charge in [0.1, 0.15) is 30.6 Å². The number of nitrogens with two attached hydrogens (primary N) is 1. The molecule has 1 heterocycles. The van der Waals surface area contributed by atoms with Crippen LogP contribution in [0.25, 0.3) is 0 Å². The van der Waals surface area contributed by atoms with Crippen molar-refractivity contribution < 1.29 is 35.9 Å². The molecule has 0 saturated heterocycles. The van der Waals surface area contributed by atoms with E-state index in [1.54, 1.807) is 0 Å². The topological polar surface area (TPSA) is 89.6 Å². The van der Waals surface area contributed by atoms with Crippen molar-refractivity contribution in [3.8, 4) is 0 Å². The number of amides is 1. The second kappa shape index (κ2) is 10.2. The van der Waals surface area contributed by atoms with Gasteiger partial charge in [-0.05, 0) is 30.7 Å². The summed E-state index contributed by atoms with van der Waals surface area (Å²) in [7, 11) is 0. The van der Waals surface area contributed by atoms with Crippen molar-refractivity contribution >= 4 is 11.7 Å². The van der Waals surface area contributed by atoms with Crippen molar-refractivity contribution in [1.82, 2.24) is 10.3 Å². The number of nitrogens with one attached hydrogen (secondary N) is 1. The van der Waals surface area contributed by atoms with Gasteiger partial charge in [0.25, 0.3) is 12.3 Å². The summed E-state index contributed by atoms with van der Waals surface area (Å²) < 4.78 is 80.3. The standard InChI is InChI=1S/C18H18F6N4O2/c19-13-3-2-12(5-10(13)6-27-16(25)9-30-8-15(20)21)28-17(29)14-4-1-11(7-26-14)18(22,23)24/h1-4,7,10,15H,5-6,8-9H2,(H2,25,27)(H,28,29). The number of halogens is 6. The first-order valence-corrected chi connectivity index (χ1v) is 8.61. The molecule has 1 atom stereocenters. The lowest BCUT2D eigenvalue weighted by Crippen LogP contribution is -2.28. The summed E-state index contributed by atoms with van der Waals surface area (Å²) >= 11 is 0. The molecule has 6 nitrogen and oxygen atoms in total. The minimum Gasteiger partial charge on any atom is -0.386 e. The van der Waals surface area contributed by atoms with Crippen LogP contribution in [0, 0.1) is 5.92 Å². The highest BCUT2D eigenvalue weighted by atomic mass is 19.4. The third kappa shape index (κ3) is 7.17. The van der Waals surface area contributed by atoms with Crippen LogP contribution in [0.3, 0.4) is 0 Å². The molecule has 0 fully saturated rings. The Hall–Kier alpha value is -2.89. The van der Waals surface area contributed by atoms with Gasteiger partial charge >= 0.3 is 6.18 Å². The number of nitrogens with zero attached hydrogens (tertiary/aromatic N) is 2. The van der Waals surface area contributed by atoms with E-state index in [-0.39, 0.29) is 31.1 Å². The molecule has 1 aromatic heterocycles. The van der Waals surface area contributed by atoms with Gasteiger partial charge in [0.05, 0.1) is 12.1 Å². The van der Waals surface area contributed by atoms with Crippen LogP contribution in [0.5, 0.6) is 0 Å². The zero-order valence-electron chi connectivity index (χ0n) is 15.4. The second-order valence-electron chi connectivity index (χ2n) is 6.27. The molecule has 1 aromatic rings. The van der Waals surface area contributed by atoms with Gasteiger partial charge in [-0.1, -0.05) is 0 Å². The van der Waals surface area contributed by atoms with Gasteiger partial charge < -0.3 is 15.8 Å². The van der Waals surface area contributed by atoms with E-state index in [0.717, 1.165) is 18.2 Å². The summed E-state index contributed by atoms with van der Waals surface area (Å²) in [6.45, 7) is -1.25. The Balaban J connectivity index is 1.92. The van der Waals surface area contributed by atoms with E-state index >= 15 is 0 Å². The van der Waals surface area contributed by atoms with E-state index in [2.05, 4.69) is 20.0 Å². The fourth-order valence-corrected chi connectivity index (χ4v) is 2.42. The molecule has 0 bridgehead atoms. The van der Waals surface area contributed by atoms with Crippen molar-refractivity contribution in [2.75, 3.05) is 19.8 Å². The van der Waals surface area contributed by atoms with Crippen molar-refractivity contribution in [2.45, 2.75) is 19.0 Å². The number of carbonyl (C=O) groups is 1. The number of ether oxygens (including phenoxy) is 1. The van der Waals surface area contributed by atoms with E-state index in [1.807, 2.05) is 0 Å². The molecule has 1 aliphatic carbocycles. The number of hydrogen-bond donors (Lipinski definition) is 2. The van der Waals surface area contributed by atoms with E-state index in [0.29, 0.717) is 11.9 Å². The van der Waals surface area contributed by atoms with Crippen LogP contribution < -0.4 is 11.1 Å². The lowest BCUT2D eigenvalue weighted by Gasteiger charge is -2.20. The van der Waals surface area contributed by atoms with Crippen LogP contribution in [0.2, 0.25) is 0 Å². The predicted molar refractivity (Wildman–Crippen MR) is 95.4 cm³/mol. The molecule has 0 aliphatic heterocycles. The van der Waals surface area contributed by atoms with E-state index in [4.69, 9.17) is 5.73 Å². The zero-order valence-corrected chi connectivity index (χ0v) is 15.4. The predicted octanol–water partition coefficient (Wildman–Crippen LogP) is 3.23. The van der Waals surface area contributed by atoms with E-state index in [9.17, 15) is 31.1 Å². The van der Waals surface area contributed by atoms with Crippen LogP contribution in [-0.4, -0.2) is 42.9 Å². The number of pyridine rings is 1. The maximum absolute atomic E-state index is 14.0. The molecule has 0 aromatic carbocycles. The lowest BCUT2D eigenvalue weighted by atomic mass is 9.97. The minimum atomic E-state index is -4.57. The van der Waals surface area contributed by atoms with Crippen LogP contribution in [0.15, 0.2) is 47.0 Å². The number of aromatic nitrogens is 1. The van der Waals surface area contributed by atoms with Crippen molar-refractivity contribution in [3.05, 3.63) is 53.3 Å². The highest BCUT2D eigenvalue weighted by Gasteiger charge is 2.31. The molecular weight excluding hydrogens is 418 g/mol. The number of alkyl halides is 5. The maximum Gasteiger partial charge on any atom is 0.417 e. The number of rotatable bonds is 8. The highest BCUT2D eigenvalue weighted by Crippen LogP contribution is 2.28. The van der Waals surface area contributed by atoms with Crippen LogP contribution >= 0.6 is 0 Å². The number of amidine groups is 1. The summed E-state index contributed by atoms with van der Waals surface area (Å²) in [6, 6.07) is 1.66. The number of carbonyl (C=O) groups excluding carboxylic acids is 1. The number of aliphatic imine (C=N–C) groups is 1. The fourth-order valence-electron chi connectivity index (χ4n) is 2.42. The molecule has 30 heavy (non-hydrogen) atoms. The Morgan fingerprint density at radius 1 is 1.33 bits per heavy atom. The van der Waals surface area contributed by atoms with Gasteiger partial charge in [0.2, 0.25) is 0 Å². The molecule has 1 amide bonds. The summed E-state index contributed by atoms with van der Waals surface area (Å²) in [5.74, 6) is -2.13. The summed E-state index contributed by atoms with van der Waals surface area (Å²) in [6.07, 6.45) is -4.22. The van der Waals surface area contributed by atoms with Gasteiger partial charge in [-0.3, -0.25) is 14.8 Å². The summed E-state index contributed by atoms with van der Waals surface area (Å²) in [5.41, 5.74) is 4.59. The van der Waals surface area contributed by atoms with Crippen LogP contribution in [0.1, 0.15) is 22.5 Å². The second-order valence-corrected chi connectivity index (χ2v) is 6.27. The molecule has 3 N–H and O–H groups in total. The normalized spacial score (nSPS) is 17.6. The van der Waals surface area contributed by atoms with Gasteiger partial charge in [-0.15, -0.1) is 0 Å². The Bertz CT molecular complexity index is 834. The third-order valence-electron chi connectivity index (χ3n) is 3.91. The van der Waals surface area contributed by atoms with Gasteiger partial charge in [-0.2, -0.15) is 13.2 Å². The van der Waals surface area contributed by atoms with E-state index in [1.165, 1.54) is 6.08 Å². The van der Waals surface area contributed by atoms with Crippen molar-refractivity contribution in [3.63, 3.8) is 0 Å². The molecule has 1 unspecified atom stereocenters. The summed E-state index contributed by atoms with van der Waals surface area (Å²) in [4.78, 5) is 19.5. The molecule has 0 spiro atoms. The summed E-state index contributed by atoms with van der Waals surface area (Å²) in [5, 5.41) is 2.46. The molecular formula is C18H18F6N4O2. The third-order valence-corrected chi connectivity index (χ3v) is 3.91. The molecule has 164 valence electrons. The maximum atomic E-state index is 14.0.